The molecule has 6 heteroatoms. The van der Waals surface area contributed by atoms with Crippen LogP contribution in [0.5, 0.6) is 0 Å². The number of rotatable bonds is 3. The molecule has 0 aliphatic carbocycles. The van der Waals surface area contributed by atoms with Gasteiger partial charge in [-0.1, -0.05) is 35.3 Å². The number of halogens is 2. The molecule has 0 fully saturated rings. The lowest BCUT2D eigenvalue weighted by molar-refractivity contribution is -0.114. The number of carbonyl (C=O) groups excluding carboxylic acids is 2. The van der Waals surface area contributed by atoms with E-state index in [2.05, 4.69) is 10.6 Å². The number of carbonyl (C=O) groups is 2. The first kappa shape index (κ1) is 15.4. The highest BCUT2D eigenvalue weighted by Gasteiger charge is 2.14. The van der Waals surface area contributed by atoms with Gasteiger partial charge in [-0.15, -0.1) is 0 Å². The van der Waals surface area contributed by atoms with Crippen molar-refractivity contribution in [2.24, 2.45) is 0 Å². The molecule has 0 spiro atoms. The molecule has 2 aromatic carbocycles. The first-order valence-corrected chi connectivity index (χ1v) is 6.86. The maximum Gasteiger partial charge on any atom is 0.258 e. The van der Waals surface area contributed by atoms with Gasteiger partial charge in [-0.3, -0.25) is 9.59 Å². The van der Waals surface area contributed by atoms with Crippen molar-refractivity contribution in [2.75, 3.05) is 10.6 Å². The Hall–Kier alpha value is -2.04. The summed E-state index contributed by atoms with van der Waals surface area (Å²) < 4.78 is 0. The number of hydrogen-bond donors (Lipinski definition) is 2. The zero-order chi connectivity index (χ0) is 15.4. The van der Waals surface area contributed by atoms with E-state index in [1.54, 1.807) is 42.5 Å². The topological polar surface area (TPSA) is 58.2 Å². The van der Waals surface area contributed by atoms with Crippen LogP contribution >= 0.6 is 23.2 Å². The van der Waals surface area contributed by atoms with Crippen molar-refractivity contribution in [2.45, 2.75) is 6.92 Å². The van der Waals surface area contributed by atoms with Gasteiger partial charge in [0, 0.05) is 18.3 Å². The minimum atomic E-state index is -0.412. The van der Waals surface area contributed by atoms with Crippen LogP contribution in [0.15, 0.2) is 42.5 Å². The van der Waals surface area contributed by atoms with Gasteiger partial charge in [-0.2, -0.15) is 0 Å². The molecule has 0 aliphatic rings. The Bertz CT molecular complexity index is 682. The summed E-state index contributed by atoms with van der Waals surface area (Å²) in [6.45, 7) is 1.41. The summed E-state index contributed by atoms with van der Waals surface area (Å²) in [4.78, 5) is 23.2. The van der Waals surface area contributed by atoms with Crippen molar-refractivity contribution in [3.63, 3.8) is 0 Å². The predicted octanol–water partition coefficient (Wildman–Crippen LogP) is 4.20. The lowest BCUT2D eigenvalue weighted by Gasteiger charge is -2.10. The molecule has 0 atom stereocenters. The van der Waals surface area contributed by atoms with Crippen LogP contribution in [0.25, 0.3) is 0 Å². The highest BCUT2D eigenvalue weighted by atomic mass is 35.5. The highest BCUT2D eigenvalue weighted by Crippen LogP contribution is 2.25. The summed E-state index contributed by atoms with van der Waals surface area (Å²) in [5.74, 6) is -0.599. The Morgan fingerprint density at radius 1 is 0.905 bits per heavy atom. The Morgan fingerprint density at radius 3 is 2.00 bits per heavy atom. The third kappa shape index (κ3) is 3.97. The molecular weight excluding hydrogens is 311 g/mol. The molecule has 0 bridgehead atoms. The van der Waals surface area contributed by atoms with Gasteiger partial charge in [0.25, 0.3) is 5.91 Å². The lowest BCUT2D eigenvalue weighted by Crippen LogP contribution is -2.13. The summed E-state index contributed by atoms with van der Waals surface area (Å²) >= 11 is 12.0. The van der Waals surface area contributed by atoms with Crippen LogP contribution in [0, 0.1) is 0 Å². The number of nitrogens with one attached hydrogen (secondary N) is 2. The van der Waals surface area contributed by atoms with E-state index in [9.17, 15) is 9.59 Å². The van der Waals surface area contributed by atoms with Crippen LogP contribution in [-0.4, -0.2) is 11.8 Å². The van der Waals surface area contributed by atoms with Gasteiger partial charge in [0.15, 0.2) is 0 Å². The van der Waals surface area contributed by atoms with Gasteiger partial charge >= 0.3 is 0 Å². The fourth-order valence-corrected chi connectivity index (χ4v) is 2.36. The fraction of sp³-hybridized carbons (Fsp3) is 0.0667. The van der Waals surface area contributed by atoms with Crippen molar-refractivity contribution in [1.29, 1.82) is 0 Å². The standard InChI is InChI=1S/C15H12Cl2N2O2/c1-9(20)18-10-4-2-5-11(8-10)19-15(21)14-12(16)6-3-7-13(14)17/h2-8H,1H3,(H,18,20)(H,19,21). The summed E-state index contributed by atoms with van der Waals surface area (Å²) in [5, 5.41) is 5.88. The monoisotopic (exact) mass is 322 g/mol. The van der Waals surface area contributed by atoms with Gasteiger partial charge < -0.3 is 10.6 Å². The Balaban J connectivity index is 2.22. The van der Waals surface area contributed by atoms with E-state index in [1.165, 1.54) is 6.92 Å². The van der Waals surface area contributed by atoms with Crippen molar-refractivity contribution in [1.82, 2.24) is 0 Å². The van der Waals surface area contributed by atoms with Crippen LogP contribution in [-0.2, 0) is 4.79 Å². The SMILES string of the molecule is CC(=O)Nc1cccc(NC(=O)c2c(Cl)cccc2Cl)c1. The largest absolute Gasteiger partial charge is 0.326 e. The number of hydrogen-bond acceptors (Lipinski definition) is 2. The second kappa shape index (κ2) is 6.61. The summed E-state index contributed by atoms with van der Waals surface area (Å²) in [6, 6.07) is 11.6. The Kier molecular flexibility index (Phi) is 4.83. The van der Waals surface area contributed by atoms with Crippen LogP contribution in [0.2, 0.25) is 10.0 Å². The fourth-order valence-electron chi connectivity index (χ4n) is 1.79. The minimum absolute atomic E-state index is 0.187. The van der Waals surface area contributed by atoms with Crippen molar-refractivity contribution >= 4 is 46.4 Å². The van der Waals surface area contributed by atoms with Gasteiger partial charge in [0.1, 0.15) is 0 Å². The van der Waals surface area contributed by atoms with Gasteiger partial charge in [0.2, 0.25) is 5.91 Å². The predicted molar refractivity (Wildman–Crippen MR) is 85.2 cm³/mol. The summed E-state index contributed by atoms with van der Waals surface area (Å²) in [5.41, 5.74) is 1.33. The number of anilines is 2. The molecule has 2 aromatic rings. The molecule has 0 aromatic heterocycles. The van der Waals surface area contributed by atoms with Gasteiger partial charge in [-0.05, 0) is 30.3 Å². The van der Waals surface area contributed by atoms with Crippen LogP contribution in [0.4, 0.5) is 11.4 Å². The van der Waals surface area contributed by atoms with E-state index in [-0.39, 0.29) is 21.5 Å². The molecule has 0 saturated heterocycles. The van der Waals surface area contributed by atoms with Gasteiger partial charge in [-0.25, -0.2) is 0 Å². The molecule has 0 radical (unpaired) electrons. The smallest absolute Gasteiger partial charge is 0.258 e. The second-order valence-electron chi connectivity index (χ2n) is 4.31. The normalized spacial score (nSPS) is 10.0. The molecule has 2 amide bonds. The minimum Gasteiger partial charge on any atom is -0.326 e. The maximum atomic E-state index is 12.2. The first-order chi connectivity index (χ1) is 9.97. The molecule has 108 valence electrons. The van der Waals surface area contributed by atoms with Crippen molar-refractivity contribution < 1.29 is 9.59 Å². The first-order valence-electron chi connectivity index (χ1n) is 6.10. The van der Waals surface area contributed by atoms with Crippen molar-refractivity contribution in [3.05, 3.63) is 58.1 Å². The molecule has 2 rings (SSSR count). The van der Waals surface area contributed by atoms with Crippen LogP contribution in [0.1, 0.15) is 17.3 Å². The molecule has 0 unspecified atom stereocenters. The highest BCUT2D eigenvalue weighted by molar-refractivity contribution is 6.40. The molecule has 2 N–H and O–H groups in total. The third-order valence-electron chi connectivity index (χ3n) is 2.63. The number of benzene rings is 2. The zero-order valence-corrected chi connectivity index (χ0v) is 12.6. The average molecular weight is 323 g/mol. The van der Waals surface area contributed by atoms with E-state index in [0.717, 1.165) is 0 Å². The van der Waals surface area contributed by atoms with Crippen molar-refractivity contribution in [3.8, 4) is 0 Å². The van der Waals surface area contributed by atoms with E-state index in [4.69, 9.17) is 23.2 Å². The van der Waals surface area contributed by atoms with E-state index in [1.807, 2.05) is 0 Å². The zero-order valence-electron chi connectivity index (χ0n) is 11.1. The summed E-state index contributed by atoms with van der Waals surface area (Å²) in [6.07, 6.45) is 0. The second-order valence-corrected chi connectivity index (χ2v) is 5.13. The molecule has 4 nitrogen and oxygen atoms in total. The van der Waals surface area contributed by atoms with E-state index in [0.29, 0.717) is 11.4 Å². The van der Waals surface area contributed by atoms with Crippen LogP contribution < -0.4 is 10.6 Å². The Morgan fingerprint density at radius 2 is 1.43 bits per heavy atom. The third-order valence-corrected chi connectivity index (χ3v) is 3.26. The Labute approximate surface area is 132 Å². The average Bonchev–Trinajstić information content (AvgIpc) is 2.37. The van der Waals surface area contributed by atoms with Gasteiger partial charge in [0.05, 0.1) is 15.6 Å². The summed E-state index contributed by atoms with van der Waals surface area (Å²) in [7, 11) is 0. The molecule has 0 aliphatic heterocycles. The lowest BCUT2D eigenvalue weighted by atomic mass is 10.2. The number of amides is 2. The molecule has 0 saturated carbocycles. The maximum absolute atomic E-state index is 12.2. The molecular formula is C15H12Cl2N2O2. The molecule has 21 heavy (non-hydrogen) atoms. The van der Waals surface area contributed by atoms with E-state index < -0.39 is 5.91 Å². The van der Waals surface area contributed by atoms with E-state index >= 15 is 0 Å². The quantitative estimate of drug-likeness (QED) is 0.889. The van der Waals surface area contributed by atoms with Crippen LogP contribution in [0.3, 0.4) is 0 Å². The molecule has 0 heterocycles.